The number of pyridine rings is 1. The molecule has 0 radical (unpaired) electrons. The van der Waals surface area contributed by atoms with Gasteiger partial charge in [-0.3, -0.25) is 4.98 Å². The highest BCUT2D eigenvalue weighted by Crippen LogP contribution is 2.40. The van der Waals surface area contributed by atoms with Crippen LogP contribution in [0.2, 0.25) is 0 Å². The average Bonchev–Trinajstić information content (AvgIpc) is 3.21. The molecule has 0 unspecified atom stereocenters. The Kier molecular flexibility index (Phi) is 3.33. The molecule has 1 fully saturated rings. The topological polar surface area (TPSA) is 24.9 Å². The van der Waals surface area contributed by atoms with Gasteiger partial charge in [-0.2, -0.15) is 0 Å². The number of nitrogens with one attached hydrogen (secondary N) is 1. The third-order valence-electron chi connectivity index (χ3n) is 3.20. The molecule has 0 saturated heterocycles. The summed E-state index contributed by atoms with van der Waals surface area (Å²) in [5.41, 5.74) is 3.86. The Bertz CT molecular complexity index is 550. The second-order valence-electron chi connectivity index (χ2n) is 4.76. The quantitative estimate of drug-likeness (QED) is 0.909. The molecular weight excluding hydrogens is 288 g/mol. The molecule has 1 heterocycles. The largest absolute Gasteiger partial charge is 0.380 e. The van der Waals surface area contributed by atoms with Crippen molar-refractivity contribution in [1.29, 1.82) is 0 Å². The van der Waals surface area contributed by atoms with Gasteiger partial charge in [0.25, 0.3) is 0 Å². The Morgan fingerprint density at radius 1 is 1.22 bits per heavy atom. The van der Waals surface area contributed by atoms with Crippen LogP contribution in [0.1, 0.15) is 29.9 Å². The number of hydrogen-bond acceptors (Lipinski definition) is 2. The average molecular weight is 303 g/mol. The van der Waals surface area contributed by atoms with E-state index in [1.54, 1.807) is 6.20 Å². The highest BCUT2D eigenvalue weighted by atomic mass is 79.9. The van der Waals surface area contributed by atoms with E-state index in [0.717, 1.165) is 22.6 Å². The van der Waals surface area contributed by atoms with Crippen LogP contribution in [0.15, 0.2) is 47.2 Å². The van der Waals surface area contributed by atoms with Crippen LogP contribution in [-0.4, -0.2) is 4.98 Å². The molecule has 1 aliphatic rings. The van der Waals surface area contributed by atoms with E-state index >= 15 is 0 Å². The summed E-state index contributed by atoms with van der Waals surface area (Å²) in [5, 5.41) is 3.40. The number of aromatic nitrogens is 1. The minimum Gasteiger partial charge on any atom is -0.380 e. The Balaban J connectivity index is 1.67. The zero-order valence-electron chi connectivity index (χ0n) is 10.1. The molecule has 0 spiro atoms. The fraction of sp³-hybridized carbons (Fsp3) is 0.267. The maximum Gasteiger partial charge on any atom is 0.0540 e. The van der Waals surface area contributed by atoms with Crippen molar-refractivity contribution in [2.45, 2.75) is 25.3 Å². The van der Waals surface area contributed by atoms with Gasteiger partial charge in [-0.15, -0.1) is 0 Å². The molecule has 18 heavy (non-hydrogen) atoms. The first-order valence-corrected chi connectivity index (χ1v) is 7.04. The highest BCUT2D eigenvalue weighted by molar-refractivity contribution is 9.10. The lowest BCUT2D eigenvalue weighted by Gasteiger charge is -2.08. The molecule has 1 saturated carbocycles. The Morgan fingerprint density at radius 3 is 2.89 bits per heavy atom. The number of benzene rings is 1. The third-order valence-corrected chi connectivity index (χ3v) is 3.63. The molecule has 0 bridgehead atoms. The number of nitrogens with zero attached hydrogens (tertiary/aromatic N) is 1. The van der Waals surface area contributed by atoms with Gasteiger partial charge >= 0.3 is 0 Å². The van der Waals surface area contributed by atoms with E-state index in [1.165, 1.54) is 24.0 Å². The smallest absolute Gasteiger partial charge is 0.0540 e. The minimum absolute atomic E-state index is 0.817. The van der Waals surface area contributed by atoms with Gasteiger partial charge in [0.2, 0.25) is 0 Å². The van der Waals surface area contributed by atoms with Gasteiger partial charge < -0.3 is 5.32 Å². The lowest BCUT2D eigenvalue weighted by atomic mass is 10.1. The summed E-state index contributed by atoms with van der Waals surface area (Å²) < 4.78 is 0.999. The van der Waals surface area contributed by atoms with Gasteiger partial charge in [0.1, 0.15) is 0 Å². The number of anilines is 1. The molecule has 0 atom stereocenters. The van der Waals surface area contributed by atoms with Crippen LogP contribution in [0.3, 0.4) is 0 Å². The van der Waals surface area contributed by atoms with Crippen molar-refractivity contribution in [2.75, 3.05) is 5.32 Å². The van der Waals surface area contributed by atoms with Crippen molar-refractivity contribution in [3.8, 4) is 0 Å². The monoisotopic (exact) mass is 302 g/mol. The lowest BCUT2D eigenvalue weighted by molar-refractivity contribution is 1.08. The first kappa shape index (κ1) is 11.7. The molecule has 1 aromatic heterocycles. The Labute approximate surface area is 116 Å². The van der Waals surface area contributed by atoms with Crippen LogP contribution >= 0.6 is 15.9 Å². The minimum atomic E-state index is 0.817. The first-order chi connectivity index (χ1) is 8.81. The van der Waals surface area contributed by atoms with Gasteiger partial charge in [-0.25, -0.2) is 0 Å². The van der Waals surface area contributed by atoms with E-state index in [2.05, 4.69) is 50.5 Å². The maximum atomic E-state index is 4.14. The number of rotatable bonds is 4. The van der Waals surface area contributed by atoms with Crippen LogP contribution in [-0.2, 0) is 6.54 Å². The SMILES string of the molecule is Brc1cncc(NCc2cccc(C3CC3)c2)c1. The Hall–Kier alpha value is -1.35. The first-order valence-electron chi connectivity index (χ1n) is 6.24. The van der Waals surface area contributed by atoms with Crippen molar-refractivity contribution < 1.29 is 0 Å². The van der Waals surface area contributed by atoms with Crippen LogP contribution in [0.5, 0.6) is 0 Å². The van der Waals surface area contributed by atoms with Gasteiger partial charge in [-0.05, 0) is 51.9 Å². The fourth-order valence-corrected chi connectivity index (χ4v) is 2.45. The molecule has 1 aliphatic carbocycles. The second-order valence-corrected chi connectivity index (χ2v) is 5.68. The summed E-state index contributed by atoms with van der Waals surface area (Å²) >= 11 is 3.42. The van der Waals surface area contributed by atoms with Crippen molar-refractivity contribution in [1.82, 2.24) is 4.98 Å². The summed E-state index contributed by atoms with van der Waals surface area (Å²) in [4.78, 5) is 4.14. The predicted molar refractivity (Wildman–Crippen MR) is 77.7 cm³/mol. The normalized spacial score (nSPS) is 14.5. The molecule has 0 amide bonds. The van der Waals surface area contributed by atoms with Crippen molar-refractivity contribution in [2.24, 2.45) is 0 Å². The number of halogens is 1. The van der Waals surface area contributed by atoms with E-state index in [0.29, 0.717) is 0 Å². The van der Waals surface area contributed by atoms with E-state index in [-0.39, 0.29) is 0 Å². The zero-order valence-corrected chi connectivity index (χ0v) is 11.7. The molecule has 0 aliphatic heterocycles. The summed E-state index contributed by atoms with van der Waals surface area (Å²) in [7, 11) is 0. The fourth-order valence-electron chi connectivity index (χ4n) is 2.09. The van der Waals surface area contributed by atoms with Gasteiger partial charge in [0.15, 0.2) is 0 Å². The standard InChI is InChI=1S/C15H15BrN2/c16-14-7-15(10-17-9-14)18-8-11-2-1-3-13(6-11)12-4-5-12/h1-3,6-7,9-10,12,18H,4-5,8H2. The van der Waals surface area contributed by atoms with Crippen molar-refractivity contribution in [3.63, 3.8) is 0 Å². The predicted octanol–water partition coefficient (Wildman–Crippen LogP) is 4.33. The molecule has 2 nitrogen and oxygen atoms in total. The van der Waals surface area contributed by atoms with E-state index in [4.69, 9.17) is 0 Å². The van der Waals surface area contributed by atoms with Crippen LogP contribution in [0.25, 0.3) is 0 Å². The van der Waals surface area contributed by atoms with Gasteiger partial charge in [0.05, 0.1) is 11.9 Å². The van der Waals surface area contributed by atoms with Crippen molar-refractivity contribution in [3.05, 3.63) is 58.3 Å². The van der Waals surface area contributed by atoms with E-state index in [9.17, 15) is 0 Å². The third kappa shape index (κ3) is 2.91. The summed E-state index contributed by atoms with van der Waals surface area (Å²) in [6, 6.07) is 10.9. The molecule has 1 N–H and O–H groups in total. The lowest BCUT2D eigenvalue weighted by Crippen LogP contribution is -2.00. The Morgan fingerprint density at radius 2 is 2.11 bits per heavy atom. The van der Waals surface area contributed by atoms with E-state index < -0.39 is 0 Å². The van der Waals surface area contributed by atoms with Crippen LogP contribution in [0.4, 0.5) is 5.69 Å². The summed E-state index contributed by atoms with van der Waals surface area (Å²) in [6.07, 6.45) is 6.34. The molecule has 3 rings (SSSR count). The van der Waals surface area contributed by atoms with Crippen LogP contribution in [0, 0.1) is 0 Å². The maximum absolute atomic E-state index is 4.14. The molecule has 2 aromatic rings. The van der Waals surface area contributed by atoms with Gasteiger partial charge in [-0.1, -0.05) is 24.3 Å². The zero-order chi connectivity index (χ0) is 12.4. The molecule has 92 valence electrons. The summed E-state index contributed by atoms with van der Waals surface area (Å²) in [6.45, 7) is 0.846. The second kappa shape index (κ2) is 5.11. The van der Waals surface area contributed by atoms with Crippen molar-refractivity contribution >= 4 is 21.6 Å². The number of hydrogen-bond donors (Lipinski definition) is 1. The molecule has 3 heteroatoms. The van der Waals surface area contributed by atoms with E-state index in [1.807, 2.05) is 12.3 Å². The summed E-state index contributed by atoms with van der Waals surface area (Å²) in [5.74, 6) is 0.817. The molecular formula is C15H15BrN2. The molecule has 1 aromatic carbocycles. The van der Waals surface area contributed by atoms with Crippen LogP contribution < -0.4 is 5.32 Å². The highest BCUT2D eigenvalue weighted by Gasteiger charge is 2.23. The van der Waals surface area contributed by atoms with Gasteiger partial charge in [0, 0.05) is 17.2 Å².